The lowest BCUT2D eigenvalue weighted by molar-refractivity contribution is -0.127. The van der Waals surface area contributed by atoms with Crippen LogP contribution in [0.2, 0.25) is 0 Å². The molecular weight excluding hydrogens is 387 g/mol. The summed E-state index contributed by atoms with van der Waals surface area (Å²) in [6.45, 7) is 1.57. The van der Waals surface area contributed by atoms with Crippen LogP contribution in [0.25, 0.3) is 6.08 Å². The van der Waals surface area contributed by atoms with E-state index in [0.29, 0.717) is 0 Å². The summed E-state index contributed by atoms with van der Waals surface area (Å²) in [6, 6.07) is 12.7. The first-order chi connectivity index (χ1) is 14.5. The Morgan fingerprint density at radius 3 is 2.47 bits per heavy atom. The number of benzene rings is 2. The van der Waals surface area contributed by atoms with Crippen molar-refractivity contribution in [2.24, 2.45) is 0 Å². The summed E-state index contributed by atoms with van der Waals surface area (Å²) in [5.74, 6) is -1.87. The molecule has 0 saturated carbocycles. The Morgan fingerprint density at radius 2 is 1.77 bits per heavy atom. The zero-order valence-electron chi connectivity index (χ0n) is 16.2. The average molecular weight is 408 g/mol. The van der Waals surface area contributed by atoms with Gasteiger partial charge in [-0.05, 0) is 48.7 Å². The lowest BCUT2D eigenvalue weighted by Gasteiger charge is -2.17. The topological polar surface area (TPSA) is 81.8 Å². The summed E-state index contributed by atoms with van der Waals surface area (Å²) in [4.78, 5) is 40.0. The molecule has 4 rings (SSSR count). The van der Waals surface area contributed by atoms with Gasteiger partial charge < -0.3 is 15.5 Å². The molecule has 0 bridgehead atoms. The molecule has 2 fully saturated rings. The number of anilines is 2. The number of nitrogens with zero attached hydrogens (tertiary/aromatic N) is 2. The zero-order valence-corrected chi connectivity index (χ0v) is 16.2. The van der Waals surface area contributed by atoms with E-state index in [4.69, 9.17) is 0 Å². The fourth-order valence-corrected chi connectivity index (χ4v) is 3.53. The third kappa shape index (κ3) is 4.17. The molecule has 0 aliphatic carbocycles. The Balaban J connectivity index is 1.41. The first-order valence-corrected chi connectivity index (χ1v) is 9.75. The molecule has 0 spiro atoms. The van der Waals surface area contributed by atoms with E-state index in [-0.39, 0.29) is 11.4 Å². The van der Waals surface area contributed by atoms with E-state index in [2.05, 4.69) is 15.5 Å². The Kier molecular flexibility index (Phi) is 5.47. The van der Waals surface area contributed by atoms with Crippen LogP contribution in [-0.2, 0) is 9.59 Å². The van der Waals surface area contributed by atoms with Gasteiger partial charge >= 0.3 is 6.03 Å². The summed E-state index contributed by atoms with van der Waals surface area (Å²) in [7, 11) is 0. The lowest BCUT2D eigenvalue weighted by atomic mass is 10.1. The number of hydrogen-bond acceptors (Lipinski definition) is 4. The Morgan fingerprint density at radius 1 is 1.07 bits per heavy atom. The van der Waals surface area contributed by atoms with Crippen molar-refractivity contribution in [1.29, 1.82) is 0 Å². The molecule has 2 saturated heterocycles. The van der Waals surface area contributed by atoms with Crippen LogP contribution in [0.5, 0.6) is 0 Å². The number of para-hydroxylation sites is 1. The van der Waals surface area contributed by atoms with Crippen LogP contribution in [0.4, 0.5) is 20.6 Å². The number of urea groups is 1. The van der Waals surface area contributed by atoms with Crippen LogP contribution in [0, 0.1) is 5.82 Å². The van der Waals surface area contributed by atoms with E-state index in [1.165, 1.54) is 31.0 Å². The maximum absolute atomic E-state index is 13.7. The summed E-state index contributed by atoms with van der Waals surface area (Å²) in [6.07, 6.45) is 3.95. The van der Waals surface area contributed by atoms with E-state index < -0.39 is 30.2 Å². The number of halogens is 1. The van der Waals surface area contributed by atoms with E-state index in [1.54, 1.807) is 12.1 Å². The van der Waals surface area contributed by atoms with Gasteiger partial charge in [-0.25, -0.2) is 14.1 Å². The molecule has 30 heavy (non-hydrogen) atoms. The minimum absolute atomic E-state index is 0.0107. The molecule has 2 aromatic rings. The fourth-order valence-electron chi connectivity index (χ4n) is 3.53. The van der Waals surface area contributed by atoms with Crippen molar-refractivity contribution in [2.75, 3.05) is 29.9 Å². The van der Waals surface area contributed by atoms with Crippen molar-refractivity contribution < 1.29 is 18.8 Å². The van der Waals surface area contributed by atoms with Gasteiger partial charge in [0.05, 0.1) is 5.69 Å². The molecule has 2 aliphatic rings. The second kappa shape index (κ2) is 8.36. The first-order valence-electron chi connectivity index (χ1n) is 9.75. The maximum Gasteiger partial charge on any atom is 0.329 e. The van der Waals surface area contributed by atoms with Gasteiger partial charge in [-0.3, -0.25) is 9.59 Å². The Bertz CT molecular complexity index is 1010. The predicted octanol–water partition coefficient (Wildman–Crippen LogP) is 2.96. The monoisotopic (exact) mass is 408 g/mol. The molecular formula is C22H21FN4O3. The normalized spacial score (nSPS) is 17.6. The number of rotatable bonds is 5. The molecule has 2 heterocycles. The van der Waals surface area contributed by atoms with Crippen LogP contribution in [0.3, 0.4) is 0 Å². The van der Waals surface area contributed by atoms with Gasteiger partial charge in [-0.1, -0.05) is 24.3 Å². The van der Waals surface area contributed by atoms with Gasteiger partial charge in [0, 0.05) is 18.8 Å². The number of carbonyl (C=O) groups is 3. The van der Waals surface area contributed by atoms with E-state index >= 15 is 0 Å². The lowest BCUT2D eigenvalue weighted by Crippen LogP contribution is -2.38. The van der Waals surface area contributed by atoms with Gasteiger partial charge in [0.15, 0.2) is 0 Å². The van der Waals surface area contributed by atoms with Crippen LogP contribution in [0.1, 0.15) is 18.4 Å². The minimum atomic E-state index is -0.691. The Hall–Kier alpha value is -3.68. The molecule has 0 radical (unpaired) electrons. The summed E-state index contributed by atoms with van der Waals surface area (Å²) >= 11 is 0. The third-order valence-corrected chi connectivity index (χ3v) is 5.09. The summed E-state index contributed by atoms with van der Waals surface area (Å²) in [5.41, 5.74) is 1.97. The number of amides is 4. The smallest absolute Gasteiger partial charge is 0.329 e. The van der Waals surface area contributed by atoms with Gasteiger partial charge in [0.1, 0.15) is 18.1 Å². The van der Waals surface area contributed by atoms with Crippen molar-refractivity contribution in [3.63, 3.8) is 0 Å². The fraction of sp³-hybridized carbons (Fsp3) is 0.227. The summed E-state index contributed by atoms with van der Waals surface area (Å²) < 4.78 is 13.7. The van der Waals surface area contributed by atoms with Crippen molar-refractivity contribution in [3.05, 3.63) is 65.6 Å². The first kappa shape index (κ1) is 19.6. The number of hydrogen-bond donors (Lipinski definition) is 2. The van der Waals surface area contributed by atoms with Gasteiger partial charge in [0.25, 0.3) is 5.91 Å². The van der Waals surface area contributed by atoms with Gasteiger partial charge in [-0.15, -0.1) is 0 Å². The largest absolute Gasteiger partial charge is 0.372 e. The van der Waals surface area contributed by atoms with Crippen LogP contribution in [0.15, 0.2) is 54.2 Å². The van der Waals surface area contributed by atoms with E-state index in [1.807, 2.05) is 24.3 Å². The second-order valence-corrected chi connectivity index (χ2v) is 7.19. The molecule has 7 nitrogen and oxygen atoms in total. The van der Waals surface area contributed by atoms with Crippen molar-refractivity contribution in [3.8, 4) is 0 Å². The van der Waals surface area contributed by atoms with Crippen LogP contribution < -0.4 is 15.5 Å². The van der Waals surface area contributed by atoms with Crippen LogP contribution in [-0.4, -0.2) is 42.4 Å². The van der Waals surface area contributed by atoms with E-state index in [0.717, 1.165) is 29.2 Å². The highest BCUT2D eigenvalue weighted by atomic mass is 19.1. The SMILES string of the molecule is O=C(CN1C(=O)N/C(=C/c2ccc(N3CCCC3)cc2)C1=O)Nc1ccccc1F. The zero-order chi connectivity index (χ0) is 21.1. The highest BCUT2D eigenvalue weighted by Gasteiger charge is 2.35. The van der Waals surface area contributed by atoms with Gasteiger partial charge in [0.2, 0.25) is 5.91 Å². The molecule has 0 unspecified atom stereocenters. The average Bonchev–Trinajstić information content (AvgIpc) is 3.35. The quantitative estimate of drug-likeness (QED) is 0.589. The second-order valence-electron chi connectivity index (χ2n) is 7.19. The summed E-state index contributed by atoms with van der Waals surface area (Å²) in [5, 5.41) is 4.85. The number of carbonyl (C=O) groups excluding carboxylic acids is 3. The standard InChI is InChI=1S/C22H21FN4O3/c23-17-5-1-2-6-18(17)24-20(28)14-27-21(29)19(25-22(27)30)13-15-7-9-16(10-8-15)26-11-3-4-12-26/h1-2,5-10,13H,3-4,11-12,14H2,(H,24,28)(H,25,30)/b19-13+. The predicted molar refractivity (Wildman–Crippen MR) is 111 cm³/mol. The van der Waals surface area contributed by atoms with Crippen molar-refractivity contribution in [1.82, 2.24) is 10.2 Å². The molecule has 4 amide bonds. The van der Waals surface area contributed by atoms with Crippen molar-refractivity contribution >= 4 is 35.3 Å². The number of imide groups is 1. The molecule has 0 atom stereocenters. The van der Waals surface area contributed by atoms with Crippen molar-refractivity contribution in [2.45, 2.75) is 12.8 Å². The van der Waals surface area contributed by atoms with E-state index in [9.17, 15) is 18.8 Å². The molecule has 2 aromatic carbocycles. The molecule has 8 heteroatoms. The molecule has 2 aliphatic heterocycles. The Labute approximate surface area is 173 Å². The maximum atomic E-state index is 13.7. The highest BCUT2D eigenvalue weighted by Crippen LogP contribution is 2.22. The highest BCUT2D eigenvalue weighted by molar-refractivity contribution is 6.15. The van der Waals surface area contributed by atoms with Gasteiger partial charge in [-0.2, -0.15) is 0 Å². The molecule has 2 N–H and O–H groups in total. The van der Waals surface area contributed by atoms with Crippen LogP contribution >= 0.6 is 0 Å². The third-order valence-electron chi connectivity index (χ3n) is 5.09. The molecule has 0 aromatic heterocycles. The minimum Gasteiger partial charge on any atom is -0.372 e. The number of nitrogens with one attached hydrogen (secondary N) is 2. The molecule has 154 valence electrons.